The van der Waals surface area contributed by atoms with E-state index >= 15 is 0 Å². The molecule has 8 aromatic carbocycles. The molecule has 0 saturated heterocycles. The minimum Gasteiger partial charge on any atom is -0.458 e. The summed E-state index contributed by atoms with van der Waals surface area (Å²) in [6, 6.07) is -19.2. The monoisotopic (exact) mass is 733 g/mol. The van der Waals surface area contributed by atoms with Gasteiger partial charge in [0.05, 0.1) is 57.7 Å². The molecule has 0 N–H and O–H groups in total. The van der Waals surface area contributed by atoms with Crippen molar-refractivity contribution >= 4 is 94.2 Å². The van der Waals surface area contributed by atoms with Crippen molar-refractivity contribution in [1.29, 1.82) is 0 Å². The maximum atomic E-state index is 10.1. The molecule has 0 fully saturated rings. The van der Waals surface area contributed by atoms with E-state index in [9.17, 15) is 12.3 Å². The topological polar surface area (TPSA) is 40.4 Å². The highest BCUT2D eigenvalue weighted by molar-refractivity contribution is 8.28. The first-order valence-corrected chi connectivity index (χ1v) is 17.0. The molecule has 0 radical (unpaired) electrons. The molecular weight excluding hydrogens is 681 g/mol. The van der Waals surface area contributed by atoms with Crippen LogP contribution in [0.5, 0.6) is 11.5 Å². The second kappa shape index (κ2) is 10.5. The minimum absolute atomic E-state index is 0.197. The van der Waals surface area contributed by atoms with Gasteiger partial charge >= 0.3 is 0 Å². The number of para-hydroxylation sites is 3. The van der Waals surface area contributed by atoms with Gasteiger partial charge in [0, 0.05) is 37.9 Å². The smallest absolute Gasteiger partial charge is 0.289 e. The van der Waals surface area contributed by atoms with Crippen molar-refractivity contribution in [2.45, 2.75) is 4.90 Å². The molecule has 2 aliphatic rings. The first-order chi connectivity index (χ1) is 37.6. The lowest BCUT2D eigenvalue weighted by atomic mass is 9.57. The molecule has 250 valence electrons. The molecule has 54 heavy (non-hydrogen) atoms. The van der Waals surface area contributed by atoms with Crippen LogP contribution in [0.1, 0.15) is 35.6 Å². The van der Waals surface area contributed by atoms with E-state index in [2.05, 4.69) is 0 Å². The Hall–Kier alpha value is -6.63. The normalized spacial score (nSPS) is 20.0. The first-order valence-electron chi connectivity index (χ1n) is 29.2. The van der Waals surface area contributed by atoms with Crippen LogP contribution in [0.3, 0.4) is 0 Å². The van der Waals surface area contributed by atoms with E-state index in [1.165, 1.54) is 0 Å². The average molecular weight is 734 g/mol. The number of hydrogen-bond acceptors (Lipinski definition) is 4. The Morgan fingerprint density at radius 2 is 1.24 bits per heavy atom. The molecule has 11 aromatic rings. The summed E-state index contributed by atoms with van der Waals surface area (Å²) in [4.78, 5) is -0.234. The molecule has 0 bridgehead atoms. The zero-order valence-electron chi connectivity index (χ0n) is 52.7. The molecule has 2 aliphatic heterocycles. The lowest BCUT2D eigenvalue weighted by molar-refractivity contribution is 0.487. The highest BCUT2D eigenvalue weighted by atomic mass is 32.2. The fourth-order valence-corrected chi connectivity index (χ4v) is 8.45. The zero-order chi connectivity index (χ0) is 57.7. The lowest BCUT2D eigenvalue weighted by Crippen LogP contribution is -2.46. The number of benzene rings is 8. The largest absolute Gasteiger partial charge is 0.458 e. The predicted molar refractivity (Wildman–Crippen MR) is 224 cm³/mol. The van der Waals surface area contributed by atoms with E-state index in [-0.39, 0.29) is 59.7 Å². The van der Waals surface area contributed by atoms with E-state index < -0.39 is 224 Å². The number of aromatic nitrogens is 1. The number of hydrogen-bond donors (Lipinski definition) is 0. The van der Waals surface area contributed by atoms with Gasteiger partial charge in [-0.25, -0.2) is 0 Å². The van der Waals surface area contributed by atoms with Gasteiger partial charge in [0.1, 0.15) is 33.8 Å². The van der Waals surface area contributed by atoms with Crippen LogP contribution in [0.25, 0.3) is 93.6 Å². The minimum atomic E-state index is -1.50. The van der Waals surface area contributed by atoms with E-state index in [0.29, 0.717) is 11.6 Å². The molecule has 0 atom stereocenters. The predicted octanol–water partition coefficient (Wildman–Crippen LogP) is 12.2. The zero-order valence-corrected chi connectivity index (χ0v) is 27.5. The van der Waals surface area contributed by atoms with Crippen molar-refractivity contribution in [3.63, 3.8) is 0 Å². The highest BCUT2D eigenvalue weighted by Crippen LogP contribution is 2.46. The van der Waals surface area contributed by atoms with Crippen molar-refractivity contribution in [3.8, 4) is 39.4 Å². The van der Waals surface area contributed by atoms with Crippen LogP contribution in [-0.4, -0.2) is 10.6 Å². The number of fused-ring (bicyclic) bond motifs is 14. The molecule has 0 aliphatic carbocycles. The van der Waals surface area contributed by atoms with Crippen LogP contribution in [0.4, 0.5) is 0 Å². The van der Waals surface area contributed by atoms with Gasteiger partial charge < -0.3 is 18.1 Å². The van der Waals surface area contributed by atoms with E-state index in [0.717, 1.165) is 4.57 Å². The summed E-state index contributed by atoms with van der Waals surface area (Å²) in [7, 11) is 0. The molecule has 13 rings (SSSR count). The van der Waals surface area contributed by atoms with Crippen LogP contribution >= 0.6 is 11.6 Å². The standard InChI is InChI=1S/C48H26BNO3S/c1-5-13-38-30(9-1)31-10-2-6-14-39(31)50(38)29-25-36-33-12-4-8-16-45(33)54-49-37-23-27(18-21-41(37)51-44(26-29)47(36)49)28-17-19-35-43(24-28)52-42-22-20-34-32-11-3-7-15-40(32)53-48(34)46(35)42/h1-26H/i1D,2D,3D,4D,5D,6D,7D,8D,9D,10D,11D,12D,13D,14D,15D,16D,17D,18D,19D,20D,21D,22D,23D,24D,25D,26D. The van der Waals surface area contributed by atoms with E-state index in [1.807, 2.05) is 0 Å². The van der Waals surface area contributed by atoms with Crippen LogP contribution in [0.15, 0.2) is 171 Å². The highest BCUT2D eigenvalue weighted by Gasteiger charge is 2.39. The van der Waals surface area contributed by atoms with Crippen molar-refractivity contribution in [1.82, 2.24) is 4.57 Å². The SMILES string of the molecule is [2H]c1c([2H])c([2H])c2c(c1[2H])SB1c3c([2H])c(-c4c([2H])c([2H])c5c(oc6c([2H])c([2H])c7c(oc8c([2H])c([2H])c([2H])c([2H])c87)c65)c4[2H])c([2H])c([2H])c3Oc3c([2H])c(-n4c5c([2H])c([2H])c([2H])c([2H])c5c5c([2H])c([2H])c([2H])c([2H])c54)c([2H])c-2c31. The molecule has 5 heterocycles. The second-order valence-corrected chi connectivity index (χ2v) is 13.4. The van der Waals surface area contributed by atoms with Gasteiger partial charge in [-0.3, -0.25) is 0 Å². The Kier molecular flexibility index (Phi) is 2.72. The molecule has 0 amide bonds. The third kappa shape index (κ3) is 3.85. The van der Waals surface area contributed by atoms with Crippen LogP contribution in [-0.2, 0) is 0 Å². The van der Waals surface area contributed by atoms with Gasteiger partial charge in [0.25, 0.3) is 5.99 Å². The van der Waals surface area contributed by atoms with Crippen molar-refractivity contribution in [2.24, 2.45) is 0 Å². The maximum absolute atomic E-state index is 10.1. The van der Waals surface area contributed by atoms with Gasteiger partial charge in [-0.15, -0.1) is 0 Å². The van der Waals surface area contributed by atoms with Crippen molar-refractivity contribution < 1.29 is 49.2 Å². The summed E-state index contributed by atoms with van der Waals surface area (Å²) in [5, 5.41) is -1.88. The Morgan fingerprint density at radius 3 is 2.11 bits per heavy atom. The quantitative estimate of drug-likeness (QED) is 0.166. The summed E-state index contributed by atoms with van der Waals surface area (Å²) >= 11 is 0.694. The molecule has 3 aromatic heterocycles. The number of nitrogens with zero attached hydrogens (tertiary/aromatic N) is 1. The molecular formula is C48H26BNO3S. The third-order valence-electron chi connectivity index (χ3n) is 9.49. The van der Waals surface area contributed by atoms with Crippen molar-refractivity contribution in [2.75, 3.05) is 0 Å². The Bertz CT molecular complexity index is 4860. The van der Waals surface area contributed by atoms with Crippen LogP contribution in [0, 0.1) is 0 Å². The fourth-order valence-electron chi connectivity index (χ4n) is 7.21. The maximum Gasteiger partial charge on any atom is 0.289 e. The Balaban J connectivity index is 1.13. The summed E-state index contributed by atoms with van der Waals surface area (Å²) in [5.41, 5.74) is -5.81. The lowest BCUT2D eigenvalue weighted by Gasteiger charge is -2.33. The second-order valence-electron chi connectivity index (χ2n) is 12.3. The van der Waals surface area contributed by atoms with Gasteiger partial charge in [-0.1, -0.05) is 90.6 Å². The van der Waals surface area contributed by atoms with Gasteiger partial charge in [-0.2, -0.15) is 11.6 Å². The summed E-state index contributed by atoms with van der Waals surface area (Å²) < 4.78 is 255. The first kappa shape index (κ1) is 14.0. The Morgan fingerprint density at radius 1 is 0.519 bits per heavy atom. The number of furan rings is 2. The van der Waals surface area contributed by atoms with Gasteiger partial charge in [0.15, 0.2) is 0 Å². The van der Waals surface area contributed by atoms with E-state index in [4.69, 9.17) is 36.9 Å². The number of rotatable bonds is 2. The average Bonchev–Trinajstić information content (AvgIpc) is 4.22. The Labute approximate surface area is 349 Å². The summed E-state index contributed by atoms with van der Waals surface area (Å²) in [6.45, 7) is 0. The molecule has 0 unspecified atom stereocenters. The van der Waals surface area contributed by atoms with Gasteiger partial charge in [0.2, 0.25) is 0 Å². The molecule has 0 saturated carbocycles. The van der Waals surface area contributed by atoms with Crippen LogP contribution < -0.4 is 15.7 Å². The van der Waals surface area contributed by atoms with E-state index in [1.54, 1.807) is 0 Å². The summed E-state index contributed by atoms with van der Waals surface area (Å²) in [6.07, 6.45) is 0. The molecule has 0 spiro atoms. The number of ether oxygens (including phenoxy) is 1. The van der Waals surface area contributed by atoms with Crippen LogP contribution in [0.2, 0.25) is 0 Å². The fraction of sp³-hybridized carbons (Fsp3) is 0. The third-order valence-corrected chi connectivity index (χ3v) is 10.7. The van der Waals surface area contributed by atoms with Gasteiger partial charge in [-0.05, 0) is 93.6 Å². The molecule has 4 nitrogen and oxygen atoms in total. The van der Waals surface area contributed by atoms with Crippen molar-refractivity contribution in [3.05, 3.63) is 157 Å². The summed E-state index contributed by atoms with van der Waals surface area (Å²) in [5.74, 6) is -2.64. The molecule has 6 heteroatoms.